The molecule has 2 N–H and O–H groups in total. The number of hydrogen-bond acceptors (Lipinski definition) is 4. The van der Waals surface area contributed by atoms with Crippen molar-refractivity contribution in [2.45, 2.75) is 39.2 Å². The van der Waals surface area contributed by atoms with E-state index in [0.717, 1.165) is 0 Å². The molecule has 0 bridgehead atoms. The lowest BCUT2D eigenvalue weighted by Crippen LogP contribution is -2.19. The third kappa shape index (κ3) is 2.57. The van der Waals surface area contributed by atoms with Gasteiger partial charge < -0.3 is 14.9 Å². The number of phenols is 2. The quantitative estimate of drug-likeness (QED) is 0.635. The molecule has 0 aliphatic carbocycles. The Hall–Kier alpha value is -1.97. The molecule has 0 radical (unpaired) electrons. The number of benzene rings is 1. The van der Waals surface area contributed by atoms with E-state index in [4.69, 9.17) is 4.74 Å². The van der Waals surface area contributed by atoms with Crippen molar-refractivity contribution in [2.24, 2.45) is 0 Å². The number of cyclic esters (lactones) is 1. The normalized spacial score (nSPS) is 23.0. The molecule has 102 valence electrons. The van der Waals surface area contributed by atoms with Crippen LogP contribution in [0.3, 0.4) is 0 Å². The fourth-order valence-electron chi connectivity index (χ4n) is 2.13. The highest BCUT2D eigenvalue weighted by Crippen LogP contribution is 2.34. The Kier molecular flexibility index (Phi) is 3.27. The van der Waals surface area contributed by atoms with Crippen LogP contribution in [0.4, 0.5) is 0 Å². The molecule has 0 spiro atoms. The zero-order valence-electron chi connectivity index (χ0n) is 11.4. The fraction of sp³-hybridized carbons (Fsp3) is 0.400. The van der Waals surface area contributed by atoms with Gasteiger partial charge in [-0.1, -0.05) is 6.08 Å². The molecular weight excluding hydrogens is 244 g/mol. The van der Waals surface area contributed by atoms with Crippen LogP contribution in [-0.2, 0) is 9.53 Å². The molecule has 2 rings (SSSR count). The van der Waals surface area contributed by atoms with Crippen LogP contribution >= 0.6 is 0 Å². The van der Waals surface area contributed by atoms with Crippen LogP contribution in [0.15, 0.2) is 12.1 Å². The lowest BCUT2D eigenvalue weighted by Gasteiger charge is -2.17. The van der Waals surface area contributed by atoms with Crippen LogP contribution in [0.1, 0.15) is 36.5 Å². The third-order valence-electron chi connectivity index (χ3n) is 3.66. The Morgan fingerprint density at radius 1 is 1.32 bits per heavy atom. The van der Waals surface area contributed by atoms with Gasteiger partial charge in [-0.05, 0) is 44.0 Å². The number of aromatic hydroxyl groups is 2. The summed E-state index contributed by atoms with van der Waals surface area (Å²) < 4.78 is 5.22. The van der Waals surface area contributed by atoms with Crippen molar-refractivity contribution in [1.29, 1.82) is 0 Å². The van der Waals surface area contributed by atoms with Crippen LogP contribution in [0, 0.1) is 13.8 Å². The standard InChI is InChI=1S/C15H18O4/c1-9-10(2)14(18)11(8-12(9)16)4-6-15(3)7-5-13(17)19-15/h4,6,8,16,18H,5,7H2,1-3H3. The minimum absolute atomic E-state index is 0.138. The predicted octanol–water partition coefficient (Wildman–Crippen LogP) is 2.82. The van der Waals surface area contributed by atoms with Gasteiger partial charge in [0, 0.05) is 18.4 Å². The molecule has 1 aromatic carbocycles. The van der Waals surface area contributed by atoms with Gasteiger partial charge in [-0.2, -0.15) is 0 Å². The van der Waals surface area contributed by atoms with Gasteiger partial charge in [0.05, 0.1) is 0 Å². The first-order valence-corrected chi connectivity index (χ1v) is 6.25. The molecule has 1 aliphatic heterocycles. The Bertz CT molecular complexity index is 560. The molecule has 0 saturated carbocycles. The van der Waals surface area contributed by atoms with E-state index in [1.54, 1.807) is 26.0 Å². The smallest absolute Gasteiger partial charge is 0.306 e. The van der Waals surface area contributed by atoms with Crippen molar-refractivity contribution >= 4 is 12.0 Å². The first kappa shape index (κ1) is 13.5. The molecule has 4 heteroatoms. The van der Waals surface area contributed by atoms with Crippen molar-refractivity contribution in [3.63, 3.8) is 0 Å². The highest BCUT2D eigenvalue weighted by molar-refractivity contribution is 5.73. The summed E-state index contributed by atoms with van der Waals surface area (Å²) in [6, 6.07) is 1.51. The van der Waals surface area contributed by atoms with E-state index in [2.05, 4.69) is 0 Å². The molecule has 1 unspecified atom stereocenters. The Balaban J connectivity index is 2.32. The van der Waals surface area contributed by atoms with Gasteiger partial charge >= 0.3 is 5.97 Å². The maximum absolute atomic E-state index is 11.1. The van der Waals surface area contributed by atoms with Gasteiger partial charge in [-0.15, -0.1) is 0 Å². The van der Waals surface area contributed by atoms with E-state index in [-0.39, 0.29) is 17.5 Å². The second kappa shape index (κ2) is 4.61. The average molecular weight is 262 g/mol. The number of rotatable bonds is 2. The van der Waals surface area contributed by atoms with Crippen molar-refractivity contribution in [1.82, 2.24) is 0 Å². The SMILES string of the molecule is Cc1c(O)cc(C=CC2(C)CCC(=O)O2)c(O)c1C. The lowest BCUT2D eigenvalue weighted by atomic mass is 9.98. The summed E-state index contributed by atoms with van der Waals surface area (Å²) in [7, 11) is 0. The topological polar surface area (TPSA) is 66.8 Å². The van der Waals surface area contributed by atoms with E-state index in [9.17, 15) is 15.0 Å². The number of phenolic OH excluding ortho intramolecular Hbond substituents is 2. The van der Waals surface area contributed by atoms with E-state index >= 15 is 0 Å². The van der Waals surface area contributed by atoms with E-state index in [1.807, 2.05) is 6.92 Å². The number of carbonyl (C=O) groups is 1. The van der Waals surface area contributed by atoms with Crippen molar-refractivity contribution in [3.05, 3.63) is 28.8 Å². The van der Waals surface area contributed by atoms with Gasteiger partial charge in [0.25, 0.3) is 0 Å². The number of ether oxygens (including phenoxy) is 1. The molecule has 0 aromatic heterocycles. The van der Waals surface area contributed by atoms with Gasteiger partial charge in [0.15, 0.2) is 0 Å². The zero-order valence-corrected chi connectivity index (χ0v) is 11.4. The molecule has 1 aliphatic rings. The molecule has 1 atom stereocenters. The lowest BCUT2D eigenvalue weighted by molar-refractivity contribution is -0.144. The Morgan fingerprint density at radius 3 is 2.58 bits per heavy atom. The molecule has 1 fully saturated rings. The van der Waals surface area contributed by atoms with Crippen LogP contribution in [-0.4, -0.2) is 21.8 Å². The van der Waals surface area contributed by atoms with Gasteiger partial charge in [-0.3, -0.25) is 4.79 Å². The fourth-order valence-corrected chi connectivity index (χ4v) is 2.13. The molecular formula is C15H18O4. The van der Waals surface area contributed by atoms with Crippen molar-refractivity contribution < 1.29 is 19.7 Å². The van der Waals surface area contributed by atoms with Gasteiger partial charge in [0.1, 0.15) is 17.1 Å². The van der Waals surface area contributed by atoms with Crippen molar-refractivity contribution in [3.8, 4) is 11.5 Å². The largest absolute Gasteiger partial charge is 0.508 e. The number of carbonyl (C=O) groups excluding carboxylic acids is 1. The molecule has 1 heterocycles. The summed E-state index contributed by atoms with van der Waals surface area (Å²) in [5, 5.41) is 19.8. The van der Waals surface area contributed by atoms with E-state index in [1.165, 1.54) is 6.07 Å². The second-order valence-corrected chi connectivity index (χ2v) is 5.20. The Morgan fingerprint density at radius 2 is 2.00 bits per heavy atom. The molecule has 19 heavy (non-hydrogen) atoms. The Labute approximate surface area is 112 Å². The highest BCUT2D eigenvalue weighted by Gasteiger charge is 2.33. The highest BCUT2D eigenvalue weighted by atomic mass is 16.6. The first-order chi connectivity index (χ1) is 8.82. The van der Waals surface area contributed by atoms with Crippen molar-refractivity contribution in [2.75, 3.05) is 0 Å². The summed E-state index contributed by atoms with van der Waals surface area (Å²) in [6.07, 6.45) is 4.46. The minimum Gasteiger partial charge on any atom is -0.508 e. The molecule has 1 saturated heterocycles. The summed E-state index contributed by atoms with van der Waals surface area (Å²) >= 11 is 0. The molecule has 4 nitrogen and oxygen atoms in total. The van der Waals surface area contributed by atoms with E-state index < -0.39 is 5.60 Å². The van der Waals surface area contributed by atoms with Crippen LogP contribution in [0.2, 0.25) is 0 Å². The molecule has 1 aromatic rings. The summed E-state index contributed by atoms with van der Waals surface area (Å²) in [6.45, 7) is 5.32. The second-order valence-electron chi connectivity index (χ2n) is 5.20. The summed E-state index contributed by atoms with van der Waals surface area (Å²) in [5.74, 6) is 0.0716. The predicted molar refractivity (Wildman–Crippen MR) is 72.0 cm³/mol. The zero-order chi connectivity index (χ0) is 14.2. The van der Waals surface area contributed by atoms with Gasteiger partial charge in [0.2, 0.25) is 0 Å². The minimum atomic E-state index is -0.627. The van der Waals surface area contributed by atoms with Gasteiger partial charge in [-0.25, -0.2) is 0 Å². The summed E-state index contributed by atoms with van der Waals surface area (Å²) in [5.41, 5.74) is 1.20. The van der Waals surface area contributed by atoms with Crippen LogP contribution < -0.4 is 0 Å². The number of hydrogen-bond donors (Lipinski definition) is 2. The van der Waals surface area contributed by atoms with E-state index in [0.29, 0.717) is 29.5 Å². The number of esters is 1. The third-order valence-corrected chi connectivity index (χ3v) is 3.66. The van der Waals surface area contributed by atoms with Crippen LogP contribution in [0.5, 0.6) is 11.5 Å². The monoisotopic (exact) mass is 262 g/mol. The average Bonchev–Trinajstić information content (AvgIpc) is 2.70. The maximum atomic E-state index is 11.1. The molecule has 0 amide bonds. The maximum Gasteiger partial charge on any atom is 0.306 e. The first-order valence-electron chi connectivity index (χ1n) is 6.25. The summed E-state index contributed by atoms with van der Waals surface area (Å²) in [4.78, 5) is 11.1. The van der Waals surface area contributed by atoms with Crippen LogP contribution in [0.25, 0.3) is 6.08 Å².